The predicted octanol–water partition coefficient (Wildman–Crippen LogP) is 4.45. The molecule has 0 radical (unpaired) electrons. The Bertz CT molecular complexity index is 1370. The molecule has 2 amide bonds. The van der Waals surface area contributed by atoms with Gasteiger partial charge in [0.25, 0.3) is 10.0 Å². The summed E-state index contributed by atoms with van der Waals surface area (Å²) >= 11 is 0. The molecule has 208 valence electrons. The number of carbonyl (C=O) groups is 2. The highest BCUT2D eigenvalue weighted by Crippen LogP contribution is 2.33. The molecule has 1 atom stereocenters. The van der Waals surface area contributed by atoms with Crippen LogP contribution >= 0.6 is 0 Å². The first kappa shape index (κ1) is 29.7. The van der Waals surface area contributed by atoms with Gasteiger partial charge in [-0.1, -0.05) is 66.6 Å². The highest BCUT2D eigenvalue weighted by atomic mass is 32.2. The summed E-state index contributed by atoms with van der Waals surface area (Å²) in [6.07, 6.45) is 0.359. The molecule has 0 aliphatic rings. The fraction of sp³-hybridized carbons (Fsp3) is 0.333. The molecule has 8 nitrogen and oxygen atoms in total. The van der Waals surface area contributed by atoms with Crippen molar-refractivity contribution in [1.29, 1.82) is 0 Å². The normalized spacial score (nSPS) is 11.9. The fourth-order valence-electron chi connectivity index (χ4n) is 4.27. The number of likely N-dealkylation sites (N-methyl/N-ethyl adjacent to an activating group) is 1. The molecule has 9 heteroatoms. The van der Waals surface area contributed by atoms with E-state index >= 15 is 0 Å². The summed E-state index contributed by atoms with van der Waals surface area (Å²) in [5.41, 5.74) is 3.06. The number of para-hydroxylation sites is 2. The number of ether oxygens (including phenoxy) is 1. The van der Waals surface area contributed by atoms with Gasteiger partial charge in [-0.25, -0.2) is 8.42 Å². The summed E-state index contributed by atoms with van der Waals surface area (Å²) < 4.78 is 34.8. The molecule has 0 unspecified atom stereocenters. The first-order valence-electron chi connectivity index (χ1n) is 13.0. The third-order valence-corrected chi connectivity index (χ3v) is 8.20. The van der Waals surface area contributed by atoms with Crippen LogP contribution in [-0.2, 0) is 26.2 Å². The van der Waals surface area contributed by atoms with E-state index in [0.29, 0.717) is 18.8 Å². The molecule has 0 saturated carbocycles. The number of hydrogen-bond donors (Lipinski definition) is 1. The number of hydrogen-bond acceptors (Lipinski definition) is 5. The second-order valence-corrected chi connectivity index (χ2v) is 11.1. The van der Waals surface area contributed by atoms with Crippen molar-refractivity contribution in [3.63, 3.8) is 0 Å². The summed E-state index contributed by atoms with van der Waals surface area (Å²) in [5, 5.41) is 2.63. The standard InChI is InChI=1S/C30H37N3O5S/c1-6-26(30(35)31-5)32(20-24-16-12-22(3)13-17-24)29(34)21-33(27-10-8-9-11-28(27)38-7-2)39(36,37)25-18-14-23(4)15-19-25/h8-19,26H,6-7,20-21H2,1-5H3,(H,31,35)/t26-/m1/s1. The maximum atomic E-state index is 14.0. The number of rotatable bonds is 12. The monoisotopic (exact) mass is 551 g/mol. The Balaban J connectivity index is 2.10. The van der Waals surface area contributed by atoms with Gasteiger partial charge in [0.2, 0.25) is 11.8 Å². The predicted molar refractivity (Wildman–Crippen MR) is 153 cm³/mol. The van der Waals surface area contributed by atoms with Crippen LogP contribution in [0.1, 0.15) is 37.0 Å². The van der Waals surface area contributed by atoms with E-state index in [0.717, 1.165) is 21.0 Å². The van der Waals surface area contributed by atoms with Crippen molar-refractivity contribution < 1.29 is 22.7 Å². The molecule has 0 bridgehead atoms. The number of amides is 2. The summed E-state index contributed by atoms with van der Waals surface area (Å²) in [4.78, 5) is 28.3. The number of anilines is 1. The lowest BCUT2D eigenvalue weighted by atomic mass is 10.1. The molecule has 0 heterocycles. The largest absolute Gasteiger partial charge is 0.492 e. The number of benzene rings is 3. The molecule has 39 heavy (non-hydrogen) atoms. The van der Waals surface area contributed by atoms with Crippen molar-refractivity contribution in [2.24, 2.45) is 0 Å². The lowest BCUT2D eigenvalue weighted by Crippen LogP contribution is -2.51. The van der Waals surface area contributed by atoms with Gasteiger partial charge in [0.05, 0.1) is 17.2 Å². The quantitative estimate of drug-likeness (QED) is 0.359. The molecule has 0 aliphatic carbocycles. The highest BCUT2D eigenvalue weighted by Gasteiger charge is 2.34. The molecule has 0 saturated heterocycles. The smallest absolute Gasteiger partial charge is 0.264 e. The number of nitrogens with zero attached hydrogens (tertiary/aromatic N) is 2. The van der Waals surface area contributed by atoms with E-state index in [4.69, 9.17) is 4.74 Å². The van der Waals surface area contributed by atoms with Crippen molar-refractivity contribution >= 4 is 27.5 Å². The topological polar surface area (TPSA) is 96.0 Å². The lowest BCUT2D eigenvalue weighted by Gasteiger charge is -2.33. The van der Waals surface area contributed by atoms with Crippen molar-refractivity contribution in [3.8, 4) is 5.75 Å². The Hall–Kier alpha value is -3.85. The first-order valence-corrected chi connectivity index (χ1v) is 14.4. The van der Waals surface area contributed by atoms with Gasteiger partial charge < -0.3 is 15.0 Å². The molecular formula is C30H37N3O5S. The molecule has 0 aromatic heterocycles. The summed E-state index contributed by atoms with van der Waals surface area (Å²) in [6, 6.07) is 20.1. The van der Waals surface area contributed by atoms with Crippen molar-refractivity contribution in [3.05, 3.63) is 89.5 Å². The highest BCUT2D eigenvalue weighted by molar-refractivity contribution is 7.92. The summed E-state index contributed by atoms with van der Waals surface area (Å²) in [7, 11) is -2.65. The van der Waals surface area contributed by atoms with Crippen LogP contribution in [0.25, 0.3) is 0 Å². The Morgan fingerprint density at radius 2 is 1.49 bits per heavy atom. The minimum Gasteiger partial charge on any atom is -0.492 e. The average Bonchev–Trinajstić information content (AvgIpc) is 2.93. The Labute approximate surface area is 231 Å². The van der Waals surface area contributed by atoms with E-state index in [1.54, 1.807) is 43.3 Å². The number of nitrogens with one attached hydrogen (secondary N) is 1. The van der Waals surface area contributed by atoms with Crippen molar-refractivity contribution in [2.45, 2.75) is 51.6 Å². The fourth-order valence-corrected chi connectivity index (χ4v) is 5.69. The van der Waals surface area contributed by atoms with Gasteiger partial charge in [-0.15, -0.1) is 0 Å². The third-order valence-electron chi connectivity index (χ3n) is 6.43. The second-order valence-electron chi connectivity index (χ2n) is 9.27. The van der Waals surface area contributed by atoms with Crippen molar-refractivity contribution in [1.82, 2.24) is 10.2 Å². The van der Waals surface area contributed by atoms with Gasteiger partial charge in [-0.2, -0.15) is 0 Å². The van der Waals surface area contributed by atoms with Crippen LogP contribution in [0.5, 0.6) is 5.75 Å². The maximum Gasteiger partial charge on any atom is 0.264 e. The van der Waals surface area contributed by atoms with Gasteiger partial charge in [-0.3, -0.25) is 13.9 Å². The van der Waals surface area contributed by atoms with Gasteiger partial charge in [0.1, 0.15) is 18.3 Å². The van der Waals surface area contributed by atoms with E-state index < -0.39 is 28.5 Å². The van der Waals surface area contributed by atoms with Gasteiger partial charge in [0, 0.05) is 13.6 Å². The van der Waals surface area contributed by atoms with E-state index in [9.17, 15) is 18.0 Å². The Morgan fingerprint density at radius 1 is 0.897 bits per heavy atom. The molecule has 3 rings (SSSR count). The summed E-state index contributed by atoms with van der Waals surface area (Å²) in [5.74, 6) is -0.486. The minimum absolute atomic E-state index is 0.0515. The molecule has 0 fully saturated rings. The number of sulfonamides is 1. The van der Waals surface area contributed by atoms with E-state index in [-0.39, 0.29) is 23.0 Å². The second kappa shape index (κ2) is 13.3. The molecule has 0 spiro atoms. The van der Waals surface area contributed by atoms with Crippen LogP contribution in [0.4, 0.5) is 5.69 Å². The lowest BCUT2D eigenvalue weighted by molar-refractivity contribution is -0.140. The van der Waals surface area contributed by atoms with Crippen LogP contribution < -0.4 is 14.4 Å². The molecule has 1 N–H and O–H groups in total. The van der Waals surface area contributed by atoms with Gasteiger partial charge >= 0.3 is 0 Å². The van der Waals surface area contributed by atoms with Gasteiger partial charge in [-0.05, 0) is 57.0 Å². The van der Waals surface area contributed by atoms with Crippen LogP contribution in [0.15, 0.2) is 77.7 Å². The minimum atomic E-state index is -4.17. The van der Waals surface area contributed by atoms with Crippen LogP contribution in [0.2, 0.25) is 0 Å². The van der Waals surface area contributed by atoms with E-state index in [2.05, 4.69) is 5.32 Å². The Morgan fingerprint density at radius 3 is 2.05 bits per heavy atom. The zero-order valence-corrected chi connectivity index (χ0v) is 24.0. The molecule has 0 aliphatic heterocycles. The average molecular weight is 552 g/mol. The van der Waals surface area contributed by atoms with Crippen LogP contribution in [0, 0.1) is 13.8 Å². The van der Waals surface area contributed by atoms with E-state index in [1.165, 1.54) is 24.1 Å². The van der Waals surface area contributed by atoms with Crippen LogP contribution in [0.3, 0.4) is 0 Å². The number of aryl methyl sites for hydroxylation is 2. The SMILES string of the molecule is CCOc1ccccc1N(CC(=O)N(Cc1ccc(C)cc1)[C@H](CC)C(=O)NC)S(=O)(=O)c1ccc(C)cc1. The number of carbonyl (C=O) groups excluding carboxylic acids is 2. The maximum absolute atomic E-state index is 14.0. The Kier molecular flexibility index (Phi) is 10.1. The zero-order chi connectivity index (χ0) is 28.6. The van der Waals surface area contributed by atoms with Crippen molar-refractivity contribution in [2.75, 3.05) is 24.5 Å². The van der Waals surface area contributed by atoms with E-state index in [1.807, 2.05) is 45.0 Å². The van der Waals surface area contributed by atoms with Crippen LogP contribution in [-0.4, -0.2) is 51.4 Å². The molecular weight excluding hydrogens is 514 g/mol. The summed E-state index contributed by atoms with van der Waals surface area (Å²) in [6.45, 7) is 7.41. The molecule has 3 aromatic carbocycles. The van der Waals surface area contributed by atoms with Gasteiger partial charge in [0.15, 0.2) is 0 Å². The third kappa shape index (κ3) is 7.17. The first-order chi connectivity index (χ1) is 18.6. The molecule has 3 aromatic rings. The zero-order valence-electron chi connectivity index (χ0n) is 23.2.